The average molecular weight is 293 g/mol. The summed E-state index contributed by atoms with van der Waals surface area (Å²) in [4.78, 5) is -1.02. The monoisotopic (exact) mass is 293 g/mol. The van der Waals surface area contributed by atoms with Crippen molar-refractivity contribution in [2.45, 2.75) is 31.2 Å². The lowest BCUT2D eigenvalue weighted by atomic mass is 10.1. The summed E-state index contributed by atoms with van der Waals surface area (Å²) in [6.07, 6.45) is 0.367. The minimum Gasteiger partial charge on any atom is -0.395 e. The molecule has 108 valence electrons. The lowest BCUT2D eigenvalue weighted by Crippen LogP contribution is -2.39. The van der Waals surface area contributed by atoms with Gasteiger partial charge in [0.1, 0.15) is 11.6 Å². The first-order chi connectivity index (χ1) is 8.77. The second kappa shape index (κ2) is 6.40. The number of hydrogen-bond donors (Lipinski definition) is 2. The minimum absolute atomic E-state index is 0.130. The molecule has 0 aromatic heterocycles. The summed E-state index contributed by atoms with van der Waals surface area (Å²) in [7, 11) is -4.34. The van der Waals surface area contributed by atoms with Crippen LogP contribution >= 0.6 is 0 Å². The van der Waals surface area contributed by atoms with E-state index in [9.17, 15) is 17.2 Å². The fourth-order valence-electron chi connectivity index (χ4n) is 1.75. The molecular formula is C12H17F2NO3S. The van der Waals surface area contributed by atoms with Gasteiger partial charge in [-0.05, 0) is 24.5 Å². The highest BCUT2D eigenvalue weighted by atomic mass is 32.2. The maximum Gasteiger partial charge on any atom is 0.246 e. The highest BCUT2D eigenvalue weighted by molar-refractivity contribution is 7.89. The van der Waals surface area contributed by atoms with E-state index in [0.717, 1.165) is 18.2 Å². The molecule has 1 aromatic carbocycles. The molecule has 0 unspecified atom stereocenters. The Kier molecular flexibility index (Phi) is 5.39. The summed E-state index contributed by atoms with van der Waals surface area (Å²) in [5.74, 6) is -2.19. The van der Waals surface area contributed by atoms with Crippen molar-refractivity contribution in [3.8, 4) is 0 Å². The third-order valence-electron chi connectivity index (χ3n) is 2.49. The van der Waals surface area contributed by atoms with E-state index in [4.69, 9.17) is 5.11 Å². The number of rotatable bonds is 6. The van der Waals surface area contributed by atoms with Gasteiger partial charge in [-0.3, -0.25) is 0 Å². The maximum absolute atomic E-state index is 13.4. The van der Waals surface area contributed by atoms with Crippen molar-refractivity contribution in [2.24, 2.45) is 5.92 Å². The van der Waals surface area contributed by atoms with Crippen LogP contribution in [0.1, 0.15) is 20.3 Å². The molecule has 0 aliphatic carbocycles. The lowest BCUT2D eigenvalue weighted by Gasteiger charge is -2.18. The molecule has 0 heterocycles. The van der Waals surface area contributed by atoms with Crippen LogP contribution < -0.4 is 4.72 Å². The number of nitrogens with one attached hydrogen (secondary N) is 1. The Hall–Kier alpha value is -1.05. The Morgan fingerprint density at radius 1 is 1.26 bits per heavy atom. The van der Waals surface area contributed by atoms with Gasteiger partial charge in [0, 0.05) is 6.04 Å². The quantitative estimate of drug-likeness (QED) is 0.838. The highest BCUT2D eigenvalue weighted by Crippen LogP contribution is 2.19. The molecule has 2 N–H and O–H groups in total. The Morgan fingerprint density at radius 2 is 1.79 bits per heavy atom. The largest absolute Gasteiger partial charge is 0.395 e. The van der Waals surface area contributed by atoms with E-state index in [-0.39, 0.29) is 5.92 Å². The van der Waals surface area contributed by atoms with Crippen LogP contribution in [0.3, 0.4) is 0 Å². The topological polar surface area (TPSA) is 66.4 Å². The summed E-state index contributed by atoms with van der Waals surface area (Å²) < 4.78 is 52.8. The van der Waals surface area contributed by atoms with E-state index in [1.165, 1.54) is 0 Å². The zero-order valence-electron chi connectivity index (χ0n) is 10.7. The van der Waals surface area contributed by atoms with Gasteiger partial charge in [0.15, 0.2) is 4.90 Å². The number of aliphatic hydroxyl groups excluding tert-OH is 1. The van der Waals surface area contributed by atoms with E-state index >= 15 is 0 Å². The second-order valence-corrected chi connectivity index (χ2v) is 6.33. The first-order valence-corrected chi connectivity index (χ1v) is 7.33. The van der Waals surface area contributed by atoms with Crippen molar-refractivity contribution in [1.82, 2.24) is 4.72 Å². The fraction of sp³-hybridized carbons (Fsp3) is 0.500. The molecule has 0 radical (unpaired) electrons. The molecule has 0 bridgehead atoms. The number of hydrogen-bond acceptors (Lipinski definition) is 3. The Bertz CT molecular complexity index is 512. The summed E-state index contributed by atoms with van der Waals surface area (Å²) >= 11 is 0. The van der Waals surface area contributed by atoms with E-state index in [1.54, 1.807) is 0 Å². The molecule has 0 spiro atoms. The van der Waals surface area contributed by atoms with Gasteiger partial charge < -0.3 is 5.11 Å². The Labute approximate surface area is 111 Å². The van der Waals surface area contributed by atoms with Crippen molar-refractivity contribution in [2.75, 3.05) is 6.61 Å². The Balaban J connectivity index is 3.04. The molecule has 0 aliphatic rings. The number of halogens is 2. The van der Waals surface area contributed by atoms with Crippen molar-refractivity contribution < 1.29 is 22.3 Å². The SMILES string of the molecule is CC(C)C[C@@H](CO)NS(=O)(=O)c1c(F)cccc1F. The molecule has 4 nitrogen and oxygen atoms in total. The molecule has 0 saturated carbocycles. The first kappa shape index (κ1) is 16.0. The van der Waals surface area contributed by atoms with Gasteiger partial charge in [0.05, 0.1) is 6.61 Å². The van der Waals surface area contributed by atoms with Gasteiger partial charge >= 0.3 is 0 Å². The number of benzene rings is 1. The van der Waals surface area contributed by atoms with Crippen LogP contribution in [0.15, 0.2) is 23.1 Å². The van der Waals surface area contributed by atoms with Crippen molar-refractivity contribution in [3.63, 3.8) is 0 Å². The van der Waals surface area contributed by atoms with Crippen LogP contribution in [0.25, 0.3) is 0 Å². The van der Waals surface area contributed by atoms with Gasteiger partial charge in [0.25, 0.3) is 0 Å². The van der Waals surface area contributed by atoms with Crippen LogP contribution in [0.4, 0.5) is 8.78 Å². The zero-order chi connectivity index (χ0) is 14.6. The van der Waals surface area contributed by atoms with E-state index in [1.807, 2.05) is 13.8 Å². The maximum atomic E-state index is 13.4. The Morgan fingerprint density at radius 3 is 2.21 bits per heavy atom. The molecule has 1 atom stereocenters. The summed E-state index contributed by atoms with van der Waals surface area (Å²) in [6, 6.07) is 2.05. The summed E-state index contributed by atoms with van der Waals surface area (Å²) in [5, 5.41) is 9.11. The second-order valence-electron chi connectivity index (χ2n) is 4.68. The molecule has 1 rings (SSSR count). The smallest absolute Gasteiger partial charge is 0.246 e. The average Bonchev–Trinajstić information content (AvgIpc) is 2.26. The van der Waals surface area contributed by atoms with Gasteiger partial charge in [0.2, 0.25) is 10.0 Å². The van der Waals surface area contributed by atoms with Crippen LogP contribution in [-0.4, -0.2) is 26.2 Å². The third kappa shape index (κ3) is 4.22. The van der Waals surface area contributed by atoms with Crippen LogP contribution in [-0.2, 0) is 10.0 Å². The number of sulfonamides is 1. The first-order valence-electron chi connectivity index (χ1n) is 5.85. The van der Waals surface area contributed by atoms with Crippen molar-refractivity contribution >= 4 is 10.0 Å². The number of aliphatic hydroxyl groups is 1. The fourth-order valence-corrected chi connectivity index (χ4v) is 3.12. The molecule has 1 aromatic rings. The van der Waals surface area contributed by atoms with Crippen LogP contribution in [0.2, 0.25) is 0 Å². The summed E-state index contributed by atoms with van der Waals surface area (Å²) in [5.41, 5.74) is 0. The highest BCUT2D eigenvalue weighted by Gasteiger charge is 2.26. The van der Waals surface area contributed by atoms with Gasteiger partial charge in [-0.2, -0.15) is 0 Å². The van der Waals surface area contributed by atoms with Crippen LogP contribution in [0.5, 0.6) is 0 Å². The molecule has 0 aliphatic heterocycles. The van der Waals surface area contributed by atoms with Crippen LogP contribution in [0, 0.1) is 17.6 Å². The normalized spacial score (nSPS) is 13.8. The molecule has 0 saturated heterocycles. The predicted molar refractivity (Wildman–Crippen MR) is 67.0 cm³/mol. The molecule has 19 heavy (non-hydrogen) atoms. The van der Waals surface area contributed by atoms with E-state index in [0.29, 0.717) is 6.42 Å². The zero-order valence-corrected chi connectivity index (χ0v) is 11.5. The van der Waals surface area contributed by atoms with Crippen molar-refractivity contribution in [1.29, 1.82) is 0 Å². The minimum atomic E-state index is -4.34. The van der Waals surface area contributed by atoms with Crippen molar-refractivity contribution in [3.05, 3.63) is 29.8 Å². The predicted octanol–water partition coefficient (Wildman–Crippen LogP) is 1.65. The third-order valence-corrected chi connectivity index (χ3v) is 4.06. The molecule has 0 fully saturated rings. The summed E-state index contributed by atoms with van der Waals surface area (Å²) in [6.45, 7) is 3.26. The van der Waals surface area contributed by atoms with Gasteiger partial charge in [-0.15, -0.1) is 0 Å². The molecule has 0 amide bonds. The standard InChI is InChI=1S/C12H17F2NO3S/c1-8(2)6-9(7-16)15-19(17,18)12-10(13)4-3-5-11(12)14/h3-5,8-9,15-16H,6-7H2,1-2H3/t9-/m0/s1. The van der Waals surface area contributed by atoms with E-state index in [2.05, 4.69) is 4.72 Å². The molecular weight excluding hydrogens is 276 g/mol. The van der Waals surface area contributed by atoms with E-state index < -0.39 is 39.2 Å². The van der Waals surface area contributed by atoms with Gasteiger partial charge in [-0.1, -0.05) is 19.9 Å². The lowest BCUT2D eigenvalue weighted by molar-refractivity contribution is 0.239. The molecule has 7 heteroatoms. The van der Waals surface area contributed by atoms with Gasteiger partial charge in [-0.25, -0.2) is 21.9 Å².